The standard InChI is InChI=1S/C17H10F2N4/c18-11-4-1-5-13-15(11)17(22-9-21-13)23-14-7-6-12-10(16(14)19)3-2-8-20-12/h1-9H,(H,21,22,23). The Morgan fingerprint density at radius 2 is 1.74 bits per heavy atom. The summed E-state index contributed by atoms with van der Waals surface area (Å²) >= 11 is 0. The average molecular weight is 308 g/mol. The summed E-state index contributed by atoms with van der Waals surface area (Å²) < 4.78 is 28.7. The van der Waals surface area contributed by atoms with Gasteiger partial charge in [0, 0.05) is 11.6 Å². The zero-order chi connectivity index (χ0) is 15.8. The van der Waals surface area contributed by atoms with Crippen LogP contribution in [-0.4, -0.2) is 15.0 Å². The summed E-state index contributed by atoms with van der Waals surface area (Å²) in [5, 5.41) is 3.46. The molecule has 0 aliphatic carbocycles. The van der Waals surface area contributed by atoms with Gasteiger partial charge in [-0.3, -0.25) is 4.98 Å². The molecule has 0 saturated heterocycles. The van der Waals surface area contributed by atoms with Gasteiger partial charge in [0.25, 0.3) is 0 Å². The largest absolute Gasteiger partial charge is 0.337 e. The second-order valence-electron chi connectivity index (χ2n) is 4.98. The molecule has 0 amide bonds. The lowest BCUT2D eigenvalue weighted by Gasteiger charge is -2.11. The summed E-state index contributed by atoms with van der Waals surface area (Å²) in [6.45, 7) is 0. The van der Waals surface area contributed by atoms with Gasteiger partial charge in [-0.1, -0.05) is 6.07 Å². The molecule has 0 aliphatic heterocycles. The van der Waals surface area contributed by atoms with Crippen molar-refractivity contribution in [3.63, 3.8) is 0 Å². The molecule has 0 radical (unpaired) electrons. The van der Waals surface area contributed by atoms with Crippen LogP contribution in [0.3, 0.4) is 0 Å². The van der Waals surface area contributed by atoms with Crippen LogP contribution >= 0.6 is 0 Å². The second kappa shape index (κ2) is 5.24. The number of pyridine rings is 1. The quantitative estimate of drug-likeness (QED) is 0.603. The van der Waals surface area contributed by atoms with Gasteiger partial charge in [0.15, 0.2) is 5.82 Å². The Balaban J connectivity index is 1.87. The van der Waals surface area contributed by atoms with Crippen molar-refractivity contribution in [1.82, 2.24) is 15.0 Å². The van der Waals surface area contributed by atoms with Gasteiger partial charge >= 0.3 is 0 Å². The van der Waals surface area contributed by atoms with Crippen molar-refractivity contribution in [2.75, 3.05) is 5.32 Å². The average Bonchev–Trinajstić information content (AvgIpc) is 2.58. The summed E-state index contributed by atoms with van der Waals surface area (Å²) in [6, 6.07) is 11.1. The van der Waals surface area contributed by atoms with Crippen molar-refractivity contribution in [2.24, 2.45) is 0 Å². The van der Waals surface area contributed by atoms with E-state index in [0.29, 0.717) is 16.4 Å². The van der Waals surface area contributed by atoms with E-state index in [9.17, 15) is 8.78 Å². The van der Waals surface area contributed by atoms with E-state index in [-0.39, 0.29) is 16.9 Å². The molecule has 0 fully saturated rings. The number of halogens is 2. The molecule has 4 aromatic rings. The molecule has 0 unspecified atom stereocenters. The predicted molar refractivity (Wildman–Crippen MR) is 84.5 cm³/mol. The van der Waals surface area contributed by atoms with E-state index >= 15 is 0 Å². The van der Waals surface area contributed by atoms with Crippen molar-refractivity contribution in [3.05, 3.63) is 66.6 Å². The maximum absolute atomic E-state index is 14.6. The number of hydrogen-bond acceptors (Lipinski definition) is 4. The van der Waals surface area contributed by atoms with Crippen molar-refractivity contribution >= 4 is 33.3 Å². The minimum atomic E-state index is -0.464. The normalized spacial score (nSPS) is 11.0. The van der Waals surface area contributed by atoms with E-state index in [1.165, 1.54) is 12.4 Å². The van der Waals surface area contributed by atoms with Crippen LogP contribution in [0.5, 0.6) is 0 Å². The van der Waals surface area contributed by atoms with Crippen molar-refractivity contribution in [1.29, 1.82) is 0 Å². The lowest BCUT2D eigenvalue weighted by molar-refractivity contribution is 0.638. The molecule has 1 N–H and O–H groups in total. The maximum Gasteiger partial charge on any atom is 0.156 e. The fourth-order valence-electron chi connectivity index (χ4n) is 2.50. The second-order valence-corrected chi connectivity index (χ2v) is 4.98. The van der Waals surface area contributed by atoms with Gasteiger partial charge in [-0.25, -0.2) is 18.7 Å². The molecule has 112 valence electrons. The summed E-state index contributed by atoms with van der Waals surface area (Å²) in [5.41, 5.74) is 1.20. The number of rotatable bonds is 2. The number of fused-ring (bicyclic) bond motifs is 2. The highest BCUT2D eigenvalue weighted by Crippen LogP contribution is 2.29. The number of benzene rings is 2. The van der Waals surface area contributed by atoms with E-state index in [1.807, 2.05) is 0 Å². The van der Waals surface area contributed by atoms with Crippen LogP contribution in [0.15, 0.2) is 55.0 Å². The van der Waals surface area contributed by atoms with Crippen LogP contribution < -0.4 is 5.32 Å². The first-order valence-electron chi connectivity index (χ1n) is 6.93. The van der Waals surface area contributed by atoms with Crippen LogP contribution in [0.2, 0.25) is 0 Å². The van der Waals surface area contributed by atoms with Crippen LogP contribution in [0.4, 0.5) is 20.3 Å². The molecular formula is C17H10F2N4. The topological polar surface area (TPSA) is 50.7 Å². The summed E-state index contributed by atoms with van der Waals surface area (Å²) in [7, 11) is 0. The third-order valence-electron chi connectivity index (χ3n) is 3.58. The molecule has 6 heteroatoms. The first-order chi connectivity index (χ1) is 11.2. The Morgan fingerprint density at radius 3 is 2.65 bits per heavy atom. The van der Waals surface area contributed by atoms with E-state index in [4.69, 9.17) is 0 Å². The highest BCUT2D eigenvalue weighted by atomic mass is 19.1. The maximum atomic E-state index is 14.6. The zero-order valence-corrected chi connectivity index (χ0v) is 11.8. The van der Waals surface area contributed by atoms with Gasteiger partial charge in [-0.2, -0.15) is 0 Å². The number of anilines is 2. The summed E-state index contributed by atoms with van der Waals surface area (Å²) in [4.78, 5) is 12.2. The number of nitrogens with zero attached hydrogens (tertiary/aromatic N) is 3. The molecule has 0 aliphatic rings. The minimum absolute atomic E-state index is 0.203. The van der Waals surface area contributed by atoms with Gasteiger partial charge < -0.3 is 5.32 Å². The van der Waals surface area contributed by atoms with E-state index in [0.717, 1.165) is 0 Å². The van der Waals surface area contributed by atoms with Crippen molar-refractivity contribution < 1.29 is 8.78 Å². The van der Waals surface area contributed by atoms with Gasteiger partial charge in [0.1, 0.15) is 18.0 Å². The predicted octanol–water partition coefficient (Wildman–Crippen LogP) is 4.20. The molecule has 2 aromatic heterocycles. The first kappa shape index (κ1) is 13.5. The molecular weight excluding hydrogens is 298 g/mol. The smallest absolute Gasteiger partial charge is 0.156 e. The van der Waals surface area contributed by atoms with E-state index < -0.39 is 11.6 Å². The van der Waals surface area contributed by atoms with Crippen LogP contribution in [0.25, 0.3) is 21.8 Å². The lowest BCUT2D eigenvalue weighted by atomic mass is 10.1. The third-order valence-corrected chi connectivity index (χ3v) is 3.58. The first-order valence-corrected chi connectivity index (χ1v) is 6.93. The molecule has 0 spiro atoms. The lowest BCUT2D eigenvalue weighted by Crippen LogP contribution is -2.00. The fraction of sp³-hybridized carbons (Fsp3) is 0. The Bertz CT molecular complexity index is 1030. The molecule has 0 bridgehead atoms. The number of nitrogens with one attached hydrogen (secondary N) is 1. The van der Waals surface area contributed by atoms with Crippen LogP contribution in [-0.2, 0) is 0 Å². The Kier molecular flexibility index (Phi) is 3.08. The van der Waals surface area contributed by atoms with Gasteiger partial charge in [-0.15, -0.1) is 0 Å². The zero-order valence-electron chi connectivity index (χ0n) is 11.8. The SMILES string of the molecule is Fc1c(Nc2ncnc3cccc(F)c23)ccc2ncccc12. The van der Waals surface area contributed by atoms with Crippen molar-refractivity contribution in [2.45, 2.75) is 0 Å². The molecule has 0 saturated carbocycles. The minimum Gasteiger partial charge on any atom is -0.337 e. The van der Waals surface area contributed by atoms with E-state index in [1.54, 1.807) is 42.6 Å². The molecule has 2 heterocycles. The van der Waals surface area contributed by atoms with Crippen LogP contribution in [0.1, 0.15) is 0 Å². The summed E-state index contributed by atoms with van der Waals surface area (Å²) in [5.74, 6) is -0.706. The Labute approximate surface area is 129 Å². The highest BCUT2D eigenvalue weighted by Gasteiger charge is 2.12. The van der Waals surface area contributed by atoms with Gasteiger partial charge in [0.05, 0.1) is 22.1 Å². The van der Waals surface area contributed by atoms with Gasteiger partial charge in [0.2, 0.25) is 0 Å². The third kappa shape index (κ3) is 2.24. The molecule has 0 atom stereocenters. The van der Waals surface area contributed by atoms with Gasteiger partial charge in [-0.05, 0) is 36.4 Å². The van der Waals surface area contributed by atoms with E-state index in [2.05, 4.69) is 20.3 Å². The number of hydrogen-bond donors (Lipinski definition) is 1. The highest BCUT2D eigenvalue weighted by molar-refractivity contribution is 5.92. The fourth-order valence-corrected chi connectivity index (χ4v) is 2.50. The summed E-state index contributed by atoms with van der Waals surface area (Å²) in [6.07, 6.45) is 2.91. The molecule has 23 heavy (non-hydrogen) atoms. The molecule has 4 nitrogen and oxygen atoms in total. The number of aromatic nitrogens is 3. The Hall–Kier alpha value is -3.15. The molecule has 4 rings (SSSR count). The monoisotopic (exact) mass is 308 g/mol. The Morgan fingerprint density at radius 1 is 0.826 bits per heavy atom. The van der Waals surface area contributed by atoms with Crippen molar-refractivity contribution in [3.8, 4) is 0 Å². The molecule has 2 aromatic carbocycles. The van der Waals surface area contributed by atoms with Crippen LogP contribution in [0, 0.1) is 11.6 Å².